The molecule has 1 saturated heterocycles. The molecule has 3 rings (SSSR count). The number of benzene rings is 2. The summed E-state index contributed by atoms with van der Waals surface area (Å²) in [5.41, 5.74) is 1.82. The number of hydrogen-bond acceptors (Lipinski definition) is 5. The van der Waals surface area contributed by atoms with Crippen molar-refractivity contribution in [1.82, 2.24) is 9.80 Å². The SMILES string of the molecule is CCC(Oc1ccc(N(C)S(C)(=O)=O)cc1)C(=O)N1CCN(Cc2ccccc2)CC1. The van der Waals surface area contributed by atoms with E-state index in [0.29, 0.717) is 30.9 Å². The van der Waals surface area contributed by atoms with E-state index in [9.17, 15) is 13.2 Å². The fourth-order valence-corrected chi connectivity index (χ4v) is 4.08. The summed E-state index contributed by atoms with van der Waals surface area (Å²) < 4.78 is 30.5. The number of ether oxygens (including phenoxy) is 1. The van der Waals surface area contributed by atoms with Crippen molar-refractivity contribution in [1.29, 1.82) is 0 Å². The third-order valence-electron chi connectivity index (χ3n) is 5.56. The van der Waals surface area contributed by atoms with Gasteiger partial charge in [-0.15, -0.1) is 0 Å². The lowest BCUT2D eigenvalue weighted by Crippen LogP contribution is -2.52. The van der Waals surface area contributed by atoms with Gasteiger partial charge in [0.05, 0.1) is 11.9 Å². The molecule has 0 radical (unpaired) electrons. The van der Waals surface area contributed by atoms with Crippen LogP contribution in [-0.4, -0.2) is 69.7 Å². The monoisotopic (exact) mass is 445 g/mol. The Morgan fingerprint density at radius 2 is 1.65 bits per heavy atom. The molecule has 2 aromatic rings. The predicted octanol–water partition coefficient (Wildman–Crippen LogP) is 2.58. The highest BCUT2D eigenvalue weighted by Crippen LogP contribution is 2.22. The number of nitrogens with zero attached hydrogens (tertiary/aromatic N) is 3. The third-order valence-corrected chi connectivity index (χ3v) is 6.76. The van der Waals surface area contributed by atoms with Gasteiger partial charge in [0.25, 0.3) is 5.91 Å². The molecule has 0 bridgehead atoms. The van der Waals surface area contributed by atoms with Crippen LogP contribution in [0.4, 0.5) is 5.69 Å². The van der Waals surface area contributed by atoms with Gasteiger partial charge in [0.15, 0.2) is 6.10 Å². The molecule has 0 N–H and O–H groups in total. The summed E-state index contributed by atoms with van der Waals surface area (Å²) in [7, 11) is -1.82. The van der Waals surface area contributed by atoms with Gasteiger partial charge in [-0.25, -0.2) is 8.42 Å². The van der Waals surface area contributed by atoms with Crippen LogP contribution in [0.1, 0.15) is 18.9 Å². The van der Waals surface area contributed by atoms with Crippen molar-refractivity contribution < 1.29 is 17.9 Å². The molecular weight excluding hydrogens is 414 g/mol. The molecule has 1 aliphatic rings. The van der Waals surface area contributed by atoms with Crippen LogP contribution in [0, 0.1) is 0 Å². The molecule has 1 heterocycles. The smallest absolute Gasteiger partial charge is 0.263 e. The van der Waals surface area contributed by atoms with E-state index in [2.05, 4.69) is 17.0 Å². The quantitative estimate of drug-likeness (QED) is 0.625. The first-order valence-corrected chi connectivity index (χ1v) is 12.4. The fraction of sp³-hybridized carbons (Fsp3) is 0.435. The Morgan fingerprint density at radius 3 is 2.19 bits per heavy atom. The second-order valence-corrected chi connectivity index (χ2v) is 9.84. The largest absolute Gasteiger partial charge is 0.481 e. The van der Waals surface area contributed by atoms with Gasteiger partial charge in [-0.1, -0.05) is 37.3 Å². The molecule has 1 atom stereocenters. The first-order valence-electron chi connectivity index (χ1n) is 10.5. The minimum Gasteiger partial charge on any atom is -0.481 e. The average Bonchev–Trinajstić information content (AvgIpc) is 2.77. The number of anilines is 1. The first-order chi connectivity index (χ1) is 14.8. The molecule has 7 nitrogen and oxygen atoms in total. The summed E-state index contributed by atoms with van der Waals surface area (Å²) in [5, 5.41) is 0. The highest BCUT2D eigenvalue weighted by Gasteiger charge is 2.28. The standard InChI is InChI=1S/C23H31N3O4S/c1-4-22(30-21-12-10-20(11-13-21)24(2)31(3,28)29)23(27)26-16-14-25(15-17-26)18-19-8-6-5-7-9-19/h5-13,22H,4,14-18H2,1-3H3. The second-order valence-electron chi connectivity index (χ2n) is 7.83. The summed E-state index contributed by atoms with van der Waals surface area (Å²) in [6.45, 7) is 5.87. The van der Waals surface area contributed by atoms with E-state index in [1.807, 2.05) is 30.0 Å². The van der Waals surface area contributed by atoms with Crippen LogP contribution >= 0.6 is 0 Å². The maximum atomic E-state index is 13.0. The van der Waals surface area contributed by atoms with E-state index in [1.54, 1.807) is 24.3 Å². The lowest BCUT2D eigenvalue weighted by atomic mass is 10.1. The van der Waals surface area contributed by atoms with Crippen molar-refractivity contribution in [2.75, 3.05) is 43.8 Å². The molecule has 0 saturated carbocycles. The second kappa shape index (κ2) is 10.2. The van der Waals surface area contributed by atoms with Crippen LogP contribution in [0.5, 0.6) is 5.75 Å². The van der Waals surface area contributed by atoms with E-state index in [0.717, 1.165) is 25.9 Å². The van der Waals surface area contributed by atoms with E-state index < -0.39 is 16.1 Å². The van der Waals surface area contributed by atoms with Gasteiger partial charge in [-0.3, -0.25) is 14.0 Å². The van der Waals surface area contributed by atoms with Crippen LogP contribution in [0.3, 0.4) is 0 Å². The highest BCUT2D eigenvalue weighted by molar-refractivity contribution is 7.92. The van der Waals surface area contributed by atoms with Crippen molar-refractivity contribution in [2.24, 2.45) is 0 Å². The Bertz CT molecular complexity index is 956. The lowest BCUT2D eigenvalue weighted by Gasteiger charge is -2.36. The van der Waals surface area contributed by atoms with Gasteiger partial charge in [0, 0.05) is 39.8 Å². The van der Waals surface area contributed by atoms with Crippen molar-refractivity contribution in [3.63, 3.8) is 0 Å². The Balaban J connectivity index is 1.54. The minimum atomic E-state index is -3.32. The molecule has 31 heavy (non-hydrogen) atoms. The van der Waals surface area contributed by atoms with Crippen molar-refractivity contribution in [3.8, 4) is 5.75 Å². The number of carbonyl (C=O) groups is 1. The minimum absolute atomic E-state index is 0.000748. The van der Waals surface area contributed by atoms with E-state index >= 15 is 0 Å². The van der Waals surface area contributed by atoms with Gasteiger partial charge in [-0.2, -0.15) is 0 Å². The molecule has 1 unspecified atom stereocenters. The molecule has 2 aromatic carbocycles. The molecule has 0 aliphatic carbocycles. The average molecular weight is 446 g/mol. The maximum Gasteiger partial charge on any atom is 0.263 e. The maximum absolute atomic E-state index is 13.0. The summed E-state index contributed by atoms with van der Waals surface area (Å²) in [5.74, 6) is 0.549. The number of hydrogen-bond donors (Lipinski definition) is 0. The van der Waals surface area contributed by atoms with Gasteiger partial charge in [-0.05, 0) is 36.2 Å². The number of carbonyl (C=O) groups excluding carboxylic acids is 1. The number of rotatable bonds is 8. The molecule has 0 aromatic heterocycles. The van der Waals surface area contributed by atoms with Crippen molar-refractivity contribution in [3.05, 3.63) is 60.2 Å². The molecule has 8 heteroatoms. The Hall–Kier alpha value is -2.58. The van der Waals surface area contributed by atoms with Crippen LogP contribution in [0.2, 0.25) is 0 Å². The van der Waals surface area contributed by atoms with Gasteiger partial charge >= 0.3 is 0 Å². The molecule has 1 amide bonds. The molecular formula is C23H31N3O4S. The van der Waals surface area contributed by atoms with Gasteiger partial charge < -0.3 is 9.64 Å². The Labute approximate surface area is 185 Å². The molecule has 1 fully saturated rings. The van der Waals surface area contributed by atoms with E-state index in [4.69, 9.17) is 4.74 Å². The van der Waals surface area contributed by atoms with Gasteiger partial charge in [0.1, 0.15) is 5.75 Å². The van der Waals surface area contributed by atoms with Crippen LogP contribution in [-0.2, 0) is 21.4 Å². The predicted molar refractivity (Wildman–Crippen MR) is 123 cm³/mol. The highest BCUT2D eigenvalue weighted by atomic mass is 32.2. The van der Waals surface area contributed by atoms with Crippen LogP contribution in [0.15, 0.2) is 54.6 Å². The zero-order valence-corrected chi connectivity index (χ0v) is 19.2. The normalized spacial score (nSPS) is 16.0. The fourth-order valence-electron chi connectivity index (χ4n) is 3.57. The molecule has 168 valence electrons. The van der Waals surface area contributed by atoms with Crippen molar-refractivity contribution >= 4 is 21.6 Å². The van der Waals surface area contributed by atoms with Crippen LogP contribution in [0.25, 0.3) is 0 Å². The lowest BCUT2D eigenvalue weighted by molar-refractivity contribution is -0.140. The summed E-state index contributed by atoms with van der Waals surface area (Å²) >= 11 is 0. The summed E-state index contributed by atoms with van der Waals surface area (Å²) in [6.07, 6.45) is 1.16. The Morgan fingerprint density at radius 1 is 1.03 bits per heavy atom. The Kier molecular flexibility index (Phi) is 7.56. The third kappa shape index (κ3) is 6.21. The van der Waals surface area contributed by atoms with Crippen LogP contribution < -0.4 is 9.04 Å². The summed E-state index contributed by atoms with van der Waals surface area (Å²) in [4.78, 5) is 17.2. The molecule has 0 spiro atoms. The molecule has 1 aliphatic heterocycles. The van der Waals surface area contributed by atoms with E-state index in [1.165, 1.54) is 16.9 Å². The number of sulfonamides is 1. The first kappa shape index (κ1) is 23.1. The zero-order valence-electron chi connectivity index (χ0n) is 18.4. The summed E-state index contributed by atoms with van der Waals surface area (Å²) in [6, 6.07) is 17.1. The number of amides is 1. The van der Waals surface area contributed by atoms with E-state index in [-0.39, 0.29) is 5.91 Å². The topological polar surface area (TPSA) is 70.2 Å². The van der Waals surface area contributed by atoms with Crippen molar-refractivity contribution in [2.45, 2.75) is 26.0 Å². The number of piperazine rings is 1. The van der Waals surface area contributed by atoms with Gasteiger partial charge in [0.2, 0.25) is 10.0 Å². The zero-order chi connectivity index (χ0) is 22.4.